The standard InChI is InChI=1S/C28H26N4O3S/c1-16-14-19(35-18-7-3-2-4-8-18)10-11-21(16)32-22-12-13-30-27-24(22)25(31-28(32)34)26(36-27)23(33)15-17-6-5-9-20(17)29/h2-4,7-8,10-14,17,20,33H,5-6,9,15,29H2,1H3/t17-,20+/m1/s1. The Morgan fingerprint density at radius 2 is 2.00 bits per heavy atom. The van der Waals surface area contributed by atoms with Gasteiger partial charge < -0.3 is 15.6 Å². The minimum atomic E-state index is -0.403. The van der Waals surface area contributed by atoms with Crippen molar-refractivity contribution < 1.29 is 9.84 Å². The van der Waals surface area contributed by atoms with Crippen LogP contribution < -0.4 is 20.7 Å². The molecular formula is C28H26N4O3S. The molecule has 3 heterocycles. The van der Waals surface area contributed by atoms with E-state index in [1.165, 1.54) is 11.3 Å². The molecular weight excluding hydrogens is 472 g/mol. The van der Waals surface area contributed by atoms with Gasteiger partial charge in [-0.05, 0) is 67.6 Å². The number of hydrogen-bond acceptors (Lipinski definition) is 7. The van der Waals surface area contributed by atoms with Crippen molar-refractivity contribution in [2.45, 2.75) is 38.6 Å². The molecule has 0 spiro atoms. The molecule has 6 rings (SSSR count). The fourth-order valence-electron chi connectivity index (χ4n) is 5.19. The minimum Gasteiger partial charge on any atom is -0.511 e. The summed E-state index contributed by atoms with van der Waals surface area (Å²) >= 11 is 1.37. The molecule has 1 fully saturated rings. The summed E-state index contributed by atoms with van der Waals surface area (Å²) in [6, 6.07) is 17.1. The highest BCUT2D eigenvalue weighted by Gasteiger charge is 2.26. The summed E-state index contributed by atoms with van der Waals surface area (Å²) < 4.78 is 8.18. The zero-order valence-corrected chi connectivity index (χ0v) is 20.7. The maximum absolute atomic E-state index is 13.4. The normalized spacial score (nSPS) is 18.7. The third kappa shape index (κ3) is 3.92. The average molecular weight is 499 g/mol. The number of nitrogens with zero attached hydrogens (tertiary/aromatic N) is 3. The van der Waals surface area contributed by atoms with Crippen LogP contribution in [0, 0.1) is 12.8 Å². The maximum Gasteiger partial charge on any atom is 0.353 e. The van der Waals surface area contributed by atoms with Crippen molar-refractivity contribution in [3.63, 3.8) is 0 Å². The molecule has 5 aromatic rings. The molecule has 0 saturated heterocycles. The smallest absolute Gasteiger partial charge is 0.353 e. The van der Waals surface area contributed by atoms with E-state index in [4.69, 9.17) is 10.5 Å². The highest BCUT2D eigenvalue weighted by Crippen LogP contribution is 2.32. The van der Waals surface area contributed by atoms with Crippen LogP contribution in [0.15, 0.2) is 65.6 Å². The van der Waals surface area contributed by atoms with Gasteiger partial charge in [0.05, 0.1) is 21.1 Å². The van der Waals surface area contributed by atoms with Crippen LogP contribution in [0.2, 0.25) is 0 Å². The SMILES string of the molecule is Cc1cc(Oc2ccccc2)ccc1-n1c(=O)nc2c(=C(O)C[C@H]3CCC[C@@H]3N)sc3nccc1c32. The zero-order chi connectivity index (χ0) is 24.8. The topological polar surface area (TPSA) is 103 Å². The number of para-hydroxylation sites is 1. The number of hydrogen-bond donors (Lipinski definition) is 2. The van der Waals surface area contributed by atoms with Crippen molar-refractivity contribution in [2.75, 3.05) is 0 Å². The van der Waals surface area contributed by atoms with Gasteiger partial charge in [0.1, 0.15) is 27.6 Å². The molecule has 3 N–H and O–H groups in total. The van der Waals surface area contributed by atoms with Crippen molar-refractivity contribution >= 4 is 38.3 Å². The Hall–Kier alpha value is -3.75. The number of aliphatic hydroxyl groups excluding tert-OH is 1. The van der Waals surface area contributed by atoms with Gasteiger partial charge in [-0.2, -0.15) is 4.98 Å². The third-order valence-corrected chi connectivity index (χ3v) is 8.14. The van der Waals surface area contributed by atoms with E-state index in [0.717, 1.165) is 46.5 Å². The fraction of sp³-hybridized carbons (Fsp3) is 0.250. The predicted molar refractivity (Wildman–Crippen MR) is 143 cm³/mol. The maximum atomic E-state index is 13.4. The Labute approximate surface area is 211 Å². The number of pyridine rings is 1. The van der Waals surface area contributed by atoms with Crippen LogP contribution in [0.4, 0.5) is 0 Å². The van der Waals surface area contributed by atoms with Gasteiger partial charge in [-0.3, -0.25) is 4.57 Å². The Bertz CT molecular complexity index is 1690. The molecule has 36 heavy (non-hydrogen) atoms. The molecule has 1 saturated carbocycles. The molecule has 0 amide bonds. The first kappa shape index (κ1) is 22.7. The molecule has 8 heteroatoms. The van der Waals surface area contributed by atoms with Crippen molar-refractivity contribution in [2.24, 2.45) is 11.7 Å². The van der Waals surface area contributed by atoms with Crippen molar-refractivity contribution in [1.29, 1.82) is 0 Å². The van der Waals surface area contributed by atoms with Crippen LogP contribution in [0.1, 0.15) is 31.2 Å². The summed E-state index contributed by atoms with van der Waals surface area (Å²) in [4.78, 5) is 23.1. The number of aliphatic hydroxyl groups is 1. The van der Waals surface area contributed by atoms with Crippen molar-refractivity contribution in [3.05, 3.63) is 81.4 Å². The second kappa shape index (κ2) is 9.04. The van der Waals surface area contributed by atoms with Gasteiger partial charge in [-0.25, -0.2) is 9.78 Å². The van der Waals surface area contributed by atoms with E-state index in [1.54, 1.807) is 10.8 Å². The molecule has 0 unspecified atom stereocenters. The number of thiophene rings is 1. The fourth-order valence-corrected chi connectivity index (χ4v) is 6.24. The van der Waals surface area contributed by atoms with E-state index < -0.39 is 5.69 Å². The second-order valence-electron chi connectivity index (χ2n) is 9.39. The van der Waals surface area contributed by atoms with Crippen LogP contribution in [0.3, 0.4) is 0 Å². The summed E-state index contributed by atoms with van der Waals surface area (Å²) in [6.07, 6.45) is 5.25. The Morgan fingerprint density at radius 1 is 1.17 bits per heavy atom. The van der Waals surface area contributed by atoms with Crippen LogP contribution >= 0.6 is 11.3 Å². The number of ether oxygens (including phenoxy) is 1. The summed E-state index contributed by atoms with van der Waals surface area (Å²) in [5.74, 6) is 1.91. The summed E-state index contributed by atoms with van der Waals surface area (Å²) in [5.41, 5.74) is 8.64. The van der Waals surface area contributed by atoms with Gasteiger partial charge in [0.2, 0.25) is 0 Å². The average Bonchev–Trinajstić information content (AvgIpc) is 3.45. The van der Waals surface area contributed by atoms with Gasteiger partial charge >= 0.3 is 5.69 Å². The zero-order valence-electron chi connectivity index (χ0n) is 19.8. The van der Waals surface area contributed by atoms with E-state index in [1.807, 2.05) is 61.5 Å². The first-order valence-electron chi connectivity index (χ1n) is 12.1. The molecule has 7 nitrogen and oxygen atoms in total. The van der Waals surface area contributed by atoms with Crippen molar-refractivity contribution in [1.82, 2.24) is 14.5 Å². The molecule has 2 atom stereocenters. The third-order valence-electron chi connectivity index (χ3n) is 7.01. The van der Waals surface area contributed by atoms with Gasteiger partial charge in [-0.15, -0.1) is 11.3 Å². The molecule has 0 bridgehead atoms. The first-order chi connectivity index (χ1) is 17.5. The molecule has 1 aliphatic carbocycles. The molecule has 0 radical (unpaired) electrons. The van der Waals surface area contributed by atoms with E-state index in [0.29, 0.717) is 27.7 Å². The van der Waals surface area contributed by atoms with Gasteiger partial charge in [0, 0.05) is 18.7 Å². The van der Waals surface area contributed by atoms with Gasteiger partial charge in [0.15, 0.2) is 0 Å². The lowest BCUT2D eigenvalue weighted by molar-refractivity contribution is 0.411. The second-order valence-corrected chi connectivity index (χ2v) is 10.4. The molecule has 1 aliphatic rings. The Balaban J connectivity index is 1.47. The monoisotopic (exact) mass is 498 g/mol. The number of aryl methyl sites for hydroxylation is 1. The van der Waals surface area contributed by atoms with Crippen LogP contribution in [0.5, 0.6) is 11.5 Å². The highest BCUT2D eigenvalue weighted by molar-refractivity contribution is 7.17. The number of aromatic nitrogens is 3. The summed E-state index contributed by atoms with van der Waals surface area (Å²) in [6.45, 7) is 1.94. The van der Waals surface area contributed by atoms with Crippen LogP contribution in [-0.4, -0.2) is 25.7 Å². The minimum absolute atomic E-state index is 0.0949. The Kier molecular flexibility index (Phi) is 5.70. The van der Waals surface area contributed by atoms with E-state index in [9.17, 15) is 9.90 Å². The number of benzene rings is 2. The number of rotatable bonds is 5. The quantitative estimate of drug-likeness (QED) is 0.354. The molecule has 0 aliphatic heterocycles. The largest absolute Gasteiger partial charge is 0.511 e. The lowest BCUT2D eigenvalue weighted by Gasteiger charge is -2.14. The molecule has 182 valence electrons. The number of nitrogens with two attached hydrogens (primary N) is 1. The predicted octanol–water partition coefficient (Wildman–Crippen LogP) is 5.00. The van der Waals surface area contributed by atoms with E-state index in [2.05, 4.69) is 9.97 Å². The van der Waals surface area contributed by atoms with E-state index in [-0.39, 0.29) is 17.7 Å². The van der Waals surface area contributed by atoms with Crippen LogP contribution in [-0.2, 0) is 0 Å². The lowest BCUT2D eigenvalue weighted by Crippen LogP contribution is -2.26. The lowest BCUT2D eigenvalue weighted by atomic mass is 9.99. The highest BCUT2D eigenvalue weighted by atomic mass is 32.1. The first-order valence-corrected chi connectivity index (χ1v) is 12.9. The summed E-state index contributed by atoms with van der Waals surface area (Å²) in [7, 11) is 0. The summed E-state index contributed by atoms with van der Waals surface area (Å²) in [5, 5.41) is 11.8. The van der Waals surface area contributed by atoms with Gasteiger partial charge in [0.25, 0.3) is 0 Å². The van der Waals surface area contributed by atoms with E-state index >= 15 is 0 Å². The molecule has 3 aromatic heterocycles. The van der Waals surface area contributed by atoms with Crippen molar-refractivity contribution in [3.8, 4) is 17.2 Å². The molecule has 2 aromatic carbocycles. The Morgan fingerprint density at radius 3 is 2.75 bits per heavy atom. The van der Waals surface area contributed by atoms with Crippen LogP contribution in [0.25, 0.3) is 32.7 Å². The van der Waals surface area contributed by atoms with Gasteiger partial charge in [-0.1, -0.05) is 24.6 Å².